The molecule has 0 amide bonds. The number of hydrogen-bond donors (Lipinski definition) is 0. The molecule has 0 bridgehead atoms. The Labute approximate surface area is 149 Å². The molecule has 130 valence electrons. The summed E-state index contributed by atoms with van der Waals surface area (Å²) in [5.41, 5.74) is 0. The average molecular weight is 354 g/mol. The Balaban J connectivity index is 0. The topological polar surface area (TPSA) is 63.2 Å². The summed E-state index contributed by atoms with van der Waals surface area (Å²) in [5, 5.41) is 0. The minimum atomic E-state index is -1.31. The molecule has 0 aromatic heterocycles. The van der Waals surface area contributed by atoms with Gasteiger partial charge in [-0.2, -0.15) is 4.89 Å². The van der Waals surface area contributed by atoms with E-state index in [-0.39, 0.29) is 28.3 Å². The number of carbonyl (C=O) groups is 1. The predicted octanol–water partition coefficient (Wildman–Crippen LogP) is 3.19. The van der Waals surface area contributed by atoms with Crippen molar-refractivity contribution in [3.63, 3.8) is 0 Å². The first-order valence-corrected chi connectivity index (χ1v) is 7.88. The van der Waals surface area contributed by atoms with E-state index in [9.17, 15) is 4.79 Å². The summed E-state index contributed by atoms with van der Waals surface area (Å²) in [6.45, 7) is 9.18. The van der Waals surface area contributed by atoms with Gasteiger partial charge in [-0.05, 0) is 25.7 Å². The molecule has 0 fully saturated rings. The molecule has 0 unspecified atom stereocenters. The van der Waals surface area contributed by atoms with Crippen molar-refractivity contribution in [1.29, 1.82) is 0 Å². The maximum atomic E-state index is 11.3. The van der Waals surface area contributed by atoms with Gasteiger partial charge in [0.2, 0.25) is 0 Å². The Morgan fingerprint density at radius 3 is 1.64 bits per heavy atom. The first-order chi connectivity index (χ1) is 10.1. The van der Waals surface area contributed by atoms with E-state index in [1.165, 1.54) is 0 Å². The normalized spacial score (nSPS) is 11.1. The minimum Gasteiger partial charge on any atom is -0.326 e. The van der Waals surface area contributed by atoms with Gasteiger partial charge in [0.25, 0.3) is 0 Å². The molecule has 0 aromatic rings. The third kappa shape index (κ3) is 11.6. The molecule has 0 N–H and O–H groups in total. The SMILES string of the molecule is CCCOC(COOC(=O)CCC)(OCCC)OCCC.[Ti]. The van der Waals surface area contributed by atoms with Gasteiger partial charge >= 0.3 is 11.9 Å². The van der Waals surface area contributed by atoms with Gasteiger partial charge in [0.05, 0.1) is 19.8 Å². The zero-order valence-electron chi connectivity index (χ0n) is 14.3. The van der Waals surface area contributed by atoms with E-state index in [2.05, 4.69) is 0 Å². The molecule has 6 nitrogen and oxygen atoms in total. The van der Waals surface area contributed by atoms with Crippen molar-refractivity contribution in [2.24, 2.45) is 0 Å². The second kappa shape index (κ2) is 15.9. The standard InChI is InChI=1S/C15H30O6.Ti/c1-5-9-14(16)21-20-13-15(17-10-6-2,18-11-7-3)19-12-8-4;/h5-13H2,1-4H3;. The van der Waals surface area contributed by atoms with Crippen LogP contribution >= 0.6 is 0 Å². The monoisotopic (exact) mass is 354 g/mol. The van der Waals surface area contributed by atoms with E-state index in [1.54, 1.807) is 0 Å². The zero-order valence-corrected chi connectivity index (χ0v) is 15.9. The van der Waals surface area contributed by atoms with Crippen molar-refractivity contribution >= 4 is 5.97 Å². The largest absolute Gasteiger partial charge is 0.342 e. The van der Waals surface area contributed by atoms with Crippen LogP contribution in [-0.2, 0) is 50.5 Å². The third-order valence-corrected chi connectivity index (χ3v) is 2.42. The van der Waals surface area contributed by atoms with Crippen LogP contribution < -0.4 is 0 Å². The zero-order chi connectivity index (χ0) is 16.0. The Morgan fingerprint density at radius 1 is 0.818 bits per heavy atom. The van der Waals surface area contributed by atoms with Crippen molar-refractivity contribution in [3.05, 3.63) is 0 Å². The molecule has 0 saturated carbocycles. The Morgan fingerprint density at radius 2 is 1.27 bits per heavy atom. The summed E-state index contributed by atoms with van der Waals surface area (Å²) in [6, 6.07) is 0. The van der Waals surface area contributed by atoms with Gasteiger partial charge in [-0.15, -0.1) is 0 Å². The molecule has 0 aliphatic rings. The van der Waals surface area contributed by atoms with E-state index in [0.717, 1.165) is 19.3 Å². The number of carbonyl (C=O) groups excluding carboxylic acids is 1. The Kier molecular flexibility index (Phi) is 17.5. The summed E-state index contributed by atoms with van der Waals surface area (Å²) in [7, 11) is 0. The van der Waals surface area contributed by atoms with Gasteiger partial charge in [0, 0.05) is 28.1 Å². The van der Waals surface area contributed by atoms with E-state index in [4.69, 9.17) is 24.0 Å². The molecular weight excluding hydrogens is 324 g/mol. The second-order valence-electron chi connectivity index (χ2n) is 4.70. The summed E-state index contributed by atoms with van der Waals surface area (Å²) >= 11 is 0. The molecule has 0 saturated heterocycles. The van der Waals surface area contributed by atoms with Crippen molar-refractivity contribution < 1.29 is 50.5 Å². The molecular formula is C15H30O6Ti. The van der Waals surface area contributed by atoms with Crippen LogP contribution in [0.1, 0.15) is 59.8 Å². The predicted molar refractivity (Wildman–Crippen MR) is 78.4 cm³/mol. The van der Waals surface area contributed by atoms with Crippen LogP contribution in [0, 0.1) is 0 Å². The Bertz CT molecular complexity index is 241. The molecule has 0 radical (unpaired) electrons. The summed E-state index contributed by atoms with van der Waals surface area (Å²) in [6.07, 6.45) is 3.49. The Hall–Kier alpha value is 0.0243. The second-order valence-corrected chi connectivity index (χ2v) is 4.70. The van der Waals surface area contributed by atoms with Crippen LogP contribution in [0.2, 0.25) is 0 Å². The molecule has 0 rings (SSSR count). The smallest absolute Gasteiger partial charge is 0.326 e. The molecule has 0 heterocycles. The first-order valence-electron chi connectivity index (χ1n) is 7.88. The summed E-state index contributed by atoms with van der Waals surface area (Å²) < 4.78 is 17.0. The van der Waals surface area contributed by atoms with E-state index < -0.39 is 11.9 Å². The van der Waals surface area contributed by atoms with Crippen molar-refractivity contribution in [2.45, 2.75) is 65.8 Å². The quantitative estimate of drug-likeness (QED) is 0.207. The van der Waals surface area contributed by atoms with Crippen molar-refractivity contribution in [3.8, 4) is 0 Å². The average Bonchev–Trinajstić information content (AvgIpc) is 2.48. The molecule has 22 heavy (non-hydrogen) atoms. The maximum Gasteiger partial charge on any atom is 0.342 e. The molecule has 0 aliphatic heterocycles. The van der Waals surface area contributed by atoms with Gasteiger partial charge in [-0.3, -0.25) is 4.89 Å². The van der Waals surface area contributed by atoms with Crippen molar-refractivity contribution in [1.82, 2.24) is 0 Å². The van der Waals surface area contributed by atoms with Crippen LogP contribution in [0.3, 0.4) is 0 Å². The van der Waals surface area contributed by atoms with Crippen LogP contribution in [0.4, 0.5) is 0 Å². The van der Waals surface area contributed by atoms with Crippen LogP contribution in [0.15, 0.2) is 0 Å². The first kappa shape index (κ1) is 24.3. The molecule has 7 heteroatoms. The van der Waals surface area contributed by atoms with Gasteiger partial charge in [-0.25, -0.2) is 4.79 Å². The number of hydrogen-bond acceptors (Lipinski definition) is 6. The van der Waals surface area contributed by atoms with Gasteiger partial charge in [0.1, 0.15) is 0 Å². The van der Waals surface area contributed by atoms with Crippen LogP contribution in [0.25, 0.3) is 0 Å². The molecule has 0 aromatic carbocycles. The van der Waals surface area contributed by atoms with Crippen molar-refractivity contribution in [2.75, 3.05) is 26.4 Å². The number of ether oxygens (including phenoxy) is 3. The minimum absolute atomic E-state index is 0. The molecule has 0 spiro atoms. The fourth-order valence-corrected chi connectivity index (χ4v) is 1.44. The maximum absolute atomic E-state index is 11.3. The van der Waals surface area contributed by atoms with E-state index >= 15 is 0 Å². The van der Waals surface area contributed by atoms with E-state index in [0.29, 0.717) is 32.7 Å². The van der Waals surface area contributed by atoms with Crippen LogP contribution in [0.5, 0.6) is 0 Å². The van der Waals surface area contributed by atoms with Gasteiger partial charge in [-0.1, -0.05) is 27.7 Å². The van der Waals surface area contributed by atoms with Gasteiger partial charge < -0.3 is 14.2 Å². The third-order valence-electron chi connectivity index (χ3n) is 2.42. The number of rotatable bonds is 14. The summed E-state index contributed by atoms with van der Waals surface area (Å²) in [4.78, 5) is 21.0. The summed E-state index contributed by atoms with van der Waals surface area (Å²) in [5.74, 6) is -1.72. The molecule has 0 atom stereocenters. The fraction of sp³-hybridized carbons (Fsp3) is 0.933. The van der Waals surface area contributed by atoms with Gasteiger partial charge in [0.15, 0.2) is 6.61 Å². The van der Waals surface area contributed by atoms with Crippen LogP contribution in [-0.4, -0.2) is 38.4 Å². The molecule has 0 aliphatic carbocycles. The fourth-order valence-electron chi connectivity index (χ4n) is 1.44. The van der Waals surface area contributed by atoms with E-state index in [1.807, 2.05) is 27.7 Å².